The summed E-state index contributed by atoms with van der Waals surface area (Å²) in [6.07, 6.45) is 0.0600. The summed E-state index contributed by atoms with van der Waals surface area (Å²) in [6, 6.07) is 1.90. The van der Waals surface area contributed by atoms with E-state index in [9.17, 15) is 4.79 Å². The van der Waals surface area contributed by atoms with Gasteiger partial charge in [0.2, 0.25) is 0 Å². The first-order valence-corrected chi connectivity index (χ1v) is 7.67. The van der Waals surface area contributed by atoms with Crippen molar-refractivity contribution in [3.63, 3.8) is 0 Å². The Labute approximate surface area is 126 Å². The van der Waals surface area contributed by atoms with Crippen LogP contribution in [0.5, 0.6) is 0 Å². The van der Waals surface area contributed by atoms with Gasteiger partial charge in [-0.25, -0.2) is 0 Å². The summed E-state index contributed by atoms with van der Waals surface area (Å²) in [7, 11) is 0. The molecule has 0 saturated heterocycles. The van der Waals surface area contributed by atoms with Crippen molar-refractivity contribution in [2.45, 2.75) is 39.0 Å². The Morgan fingerprint density at radius 2 is 2.24 bits per heavy atom. The van der Waals surface area contributed by atoms with Gasteiger partial charge in [-0.2, -0.15) is 5.10 Å². The van der Waals surface area contributed by atoms with Gasteiger partial charge in [-0.05, 0) is 18.9 Å². The molecule has 0 fully saturated rings. The fourth-order valence-corrected chi connectivity index (χ4v) is 2.43. The monoisotopic (exact) mass is 310 g/mol. The highest BCUT2D eigenvalue weighted by atomic mass is 32.2. The van der Waals surface area contributed by atoms with Gasteiger partial charge in [0.1, 0.15) is 5.69 Å². The van der Waals surface area contributed by atoms with E-state index in [4.69, 9.17) is 9.52 Å². The van der Waals surface area contributed by atoms with Gasteiger partial charge in [0.05, 0.1) is 6.42 Å². The van der Waals surface area contributed by atoms with Crippen LogP contribution in [0, 0.1) is 12.8 Å². The molecule has 2 rings (SSSR count). The topological polar surface area (TPSA) is 94.0 Å². The van der Waals surface area contributed by atoms with E-state index in [1.807, 2.05) is 17.7 Å². The zero-order valence-electron chi connectivity index (χ0n) is 12.2. The predicted octanol–water partition coefficient (Wildman–Crippen LogP) is 2.46. The summed E-state index contributed by atoms with van der Waals surface area (Å²) in [6.45, 7) is 7.08. The summed E-state index contributed by atoms with van der Waals surface area (Å²) in [5, 5.41) is 21.3. The van der Waals surface area contributed by atoms with Crippen LogP contribution < -0.4 is 0 Å². The molecule has 0 unspecified atom stereocenters. The van der Waals surface area contributed by atoms with Gasteiger partial charge >= 0.3 is 5.97 Å². The molecule has 21 heavy (non-hydrogen) atoms. The van der Waals surface area contributed by atoms with Crippen LogP contribution in [-0.4, -0.2) is 36.8 Å². The third-order valence-electron chi connectivity index (χ3n) is 2.69. The minimum absolute atomic E-state index is 0.0600. The molecule has 0 aliphatic carbocycles. The summed E-state index contributed by atoms with van der Waals surface area (Å²) >= 11 is 1.23. The van der Waals surface area contributed by atoms with E-state index in [-0.39, 0.29) is 6.42 Å². The molecular formula is C13H18N4O3S. The maximum absolute atomic E-state index is 10.5. The molecule has 0 aliphatic heterocycles. The van der Waals surface area contributed by atoms with Crippen molar-refractivity contribution in [3.8, 4) is 11.6 Å². The van der Waals surface area contributed by atoms with Gasteiger partial charge in [0, 0.05) is 18.0 Å². The number of aryl methyl sites for hydroxylation is 1. The molecule has 1 N–H and O–H groups in total. The number of nitrogens with zero attached hydrogens (tertiary/aromatic N) is 4. The van der Waals surface area contributed by atoms with Crippen molar-refractivity contribution in [2.24, 2.45) is 5.92 Å². The zero-order chi connectivity index (χ0) is 15.4. The molecule has 0 spiro atoms. The van der Waals surface area contributed by atoms with Crippen LogP contribution in [0.15, 0.2) is 15.7 Å². The molecule has 0 aromatic carbocycles. The Balaban J connectivity index is 2.05. The maximum atomic E-state index is 10.5. The second-order valence-corrected chi connectivity index (χ2v) is 6.16. The average molecular weight is 310 g/mol. The van der Waals surface area contributed by atoms with Gasteiger partial charge in [0.25, 0.3) is 11.1 Å². The third kappa shape index (κ3) is 4.32. The van der Waals surface area contributed by atoms with Crippen molar-refractivity contribution in [3.05, 3.63) is 11.8 Å². The first kappa shape index (κ1) is 15.6. The number of hydrogen-bond donors (Lipinski definition) is 1. The van der Waals surface area contributed by atoms with E-state index in [1.54, 1.807) is 0 Å². The van der Waals surface area contributed by atoms with Gasteiger partial charge < -0.3 is 9.52 Å². The van der Waals surface area contributed by atoms with Crippen molar-refractivity contribution in [1.29, 1.82) is 0 Å². The SMILES string of the molecule is Cc1cc(-c2nnc(SCCC(=O)O)o2)nn1CC(C)C. The summed E-state index contributed by atoms with van der Waals surface area (Å²) in [5.41, 5.74) is 1.68. The molecule has 2 aromatic heterocycles. The number of aromatic nitrogens is 4. The molecule has 7 nitrogen and oxygen atoms in total. The van der Waals surface area contributed by atoms with Crippen LogP contribution in [0.1, 0.15) is 26.0 Å². The van der Waals surface area contributed by atoms with E-state index in [2.05, 4.69) is 29.1 Å². The van der Waals surface area contributed by atoms with Gasteiger partial charge in [-0.3, -0.25) is 9.48 Å². The fourth-order valence-electron chi connectivity index (χ4n) is 1.74. The third-order valence-corrected chi connectivity index (χ3v) is 3.51. The van der Waals surface area contributed by atoms with Gasteiger partial charge in [-0.15, -0.1) is 10.2 Å². The predicted molar refractivity (Wildman–Crippen MR) is 78.1 cm³/mol. The molecule has 0 atom stereocenters. The zero-order valence-corrected chi connectivity index (χ0v) is 13.1. The van der Waals surface area contributed by atoms with Crippen molar-refractivity contribution >= 4 is 17.7 Å². The van der Waals surface area contributed by atoms with E-state index in [0.29, 0.717) is 28.5 Å². The smallest absolute Gasteiger partial charge is 0.304 e. The lowest BCUT2D eigenvalue weighted by molar-refractivity contribution is -0.136. The van der Waals surface area contributed by atoms with Gasteiger partial charge in [-0.1, -0.05) is 25.6 Å². The number of carboxylic acid groups (broad SMARTS) is 1. The molecule has 0 bridgehead atoms. The number of rotatable bonds is 7. The molecule has 0 saturated carbocycles. The van der Waals surface area contributed by atoms with Crippen molar-refractivity contribution < 1.29 is 14.3 Å². The second kappa shape index (κ2) is 6.75. The van der Waals surface area contributed by atoms with Crippen LogP contribution in [-0.2, 0) is 11.3 Å². The molecule has 0 aliphatic rings. The molecule has 114 valence electrons. The molecule has 0 amide bonds. The molecule has 8 heteroatoms. The largest absolute Gasteiger partial charge is 0.481 e. The minimum Gasteiger partial charge on any atom is -0.481 e. The van der Waals surface area contributed by atoms with Crippen LogP contribution in [0.4, 0.5) is 0 Å². The number of aliphatic carboxylic acids is 1. The van der Waals surface area contributed by atoms with Crippen molar-refractivity contribution in [1.82, 2.24) is 20.0 Å². The molecular weight excluding hydrogens is 292 g/mol. The number of hydrogen-bond acceptors (Lipinski definition) is 6. The summed E-state index contributed by atoms with van der Waals surface area (Å²) in [4.78, 5) is 10.5. The summed E-state index contributed by atoms with van der Waals surface area (Å²) in [5.74, 6) is 0.419. The number of carboxylic acids is 1. The van der Waals surface area contributed by atoms with Crippen LogP contribution >= 0.6 is 11.8 Å². The van der Waals surface area contributed by atoms with Crippen molar-refractivity contribution in [2.75, 3.05) is 5.75 Å². The summed E-state index contributed by atoms with van der Waals surface area (Å²) < 4.78 is 7.41. The molecule has 0 radical (unpaired) electrons. The molecule has 2 heterocycles. The maximum Gasteiger partial charge on any atom is 0.304 e. The highest BCUT2D eigenvalue weighted by molar-refractivity contribution is 7.99. The van der Waals surface area contributed by atoms with Crippen LogP contribution in [0.3, 0.4) is 0 Å². The lowest BCUT2D eigenvalue weighted by Crippen LogP contribution is -2.07. The highest BCUT2D eigenvalue weighted by Crippen LogP contribution is 2.23. The quantitative estimate of drug-likeness (QED) is 0.785. The number of carbonyl (C=O) groups is 1. The first-order valence-electron chi connectivity index (χ1n) is 6.68. The Kier molecular flexibility index (Phi) is 5.00. The lowest BCUT2D eigenvalue weighted by Gasteiger charge is -2.06. The first-order chi connectivity index (χ1) is 9.95. The second-order valence-electron chi connectivity index (χ2n) is 5.11. The van der Waals surface area contributed by atoms with Crippen LogP contribution in [0.2, 0.25) is 0 Å². The highest BCUT2D eigenvalue weighted by Gasteiger charge is 2.14. The van der Waals surface area contributed by atoms with E-state index in [0.717, 1.165) is 12.2 Å². The van der Waals surface area contributed by atoms with Gasteiger partial charge in [0.15, 0.2) is 0 Å². The van der Waals surface area contributed by atoms with E-state index < -0.39 is 5.97 Å². The lowest BCUT2D eigenvalue weighted by atomic mass is 10.2. The van der Waals surface area contributed by atoms with E-state index in [1.165, 1.54) is 11.8 Å². The average Bonchev–Trinajstić information content (AvgIpc) is 2.96. The Morgan fingerprint density at radius 3 is 2.90 bits per heavy atom. The van der Waals surface area contributed by atoms with Crippen LogP contribution in [0.25, 0.3) is 11.6 Å². The number of thioether (sulfide) groups is 1. The fraction of sp³-hybridized carbons (Fsp3) is 0.538. The Bertz CT molecular complexity index is 621. The molecule has 2 aromatic rings. The van der Waals surface area contributed by atoms with E-state index >= 15 is 0 Å². The minimum atomic E-state index is -0.842. The normalized spacial score (nSPS) is 11.2. The Morgan fingerprint density at radius 1 is 1.48 bits per heavy atom. The standard InChI is InChI=1S/C13H18N4O3S/c1-8(2)7-17-9(3)6-10(16-17)12-14-15-13(20-12)21-5-4-11(18)19/h6,8H,4-5,7H2,1-3H3,(H,18,19). The Hall–Kier alpha value is -1.83.